The quantitative estimate of drug-likeness (QED) is 0.584. The van der Waals surface area contributed by atoms with Crippen molar-refractivity contribution in [1.82, 2.24) is 5.32 Å². The normalized spacial score (nSPS) is 23.8. The molecule has 2 N–H and O–H groups in total. The molecule has 0 bridgehead atoms. The summed E-state index contributed by atoms with van der Waals surface area (Å²) in [5.41, 5.74) is 0. The number of piperidine rings is 1. The molecule has 4 heteroatoms. The molecule has 1 unspecified atom stereocenters. The topological polar surface area (TPSA) is 49.3 Å². The molecule has 11 heavy (non-hydrogen) atoms. The molecule has 0 aromatic heterocycles. The van der Waals surface area contributed by atoms with Crippen LogP contribution in [0.2, 0.25) is 0 Å². The third kappa shape index (κ3) is 5.33. The fourth-order valence-corrected chi connectivity index (χ4v) is 1.35. The van der Waals surface area contributed by atoms with E-state index in [-0.39, 0.29) is 51.4 Å². The van der Waals surface area contributed by atoms with Gasteiger partial charge in [-0.2, -0.15) is 0 Å². The summed E-state index contributed by atoms with van der Waals surface area (Å²) in [5, 5.41) is 11.6. The molecule has 1 rings (SSSR count). The molecule has 1 aliphatic rings. The zero-order chi connectivity index (χ0) is 7.40. The van der Waals surface area contributed by atoms with Crippen molar-refractivity contribution in [3.63, 3.8) is 0 Å². The monoisotopic (exact) mass is 183 g/mol. The summed E-state index contributed by atoms with van der Waals surface area (Å²) < 4.78 is 0. The number of carbonyl (C=O) groups is 1. The number of hydrogen-bond donors (Lipinski definition) is 2. The summed E-state index contributed by atoms with van der Waals surface area (Å²) in [4.78, 5) is 10.2. The summed E-state index contributed by atoms with van der Waals surface area (Å²) in [6, 6.07) is 0. The van der Waals surface area contributed by atoms with Crippen LogP contribution in [0.15, 0.2) is 0 Å². The summed E-state index contributed by atoms with van der Waals surface area (Å²) in [5.74, 6) is -0.306. The number of rotatable bonds is 2. The van der Waals surface area contributed by atoms with Crippen molar-refractivity contribution < 1.29 is 9.90 Å². The van der Waals surface area contributed by atoms with Gasteiger partial charge in [0.15, 0.2) is 0 Å². The van der Waals surface area contributed by atoms with Gasteiger partial charge in [-0.25, -0.2) is 0 Å². The van der Waals surface area contributed by atoms with Gasteiger partial charge in [-0.1, -0.05) is 0 Å². The van der Waals surface area contributed by atoms with E-state index in [1.807, 2.05) is 0 Å². The zero-order valence-electron chi connectivity index (χ0n) is 5.97. The van der Waals surface area contributed by atoms with Crippen LogP contribution in [0.5, 0.6) is 0 Å². The predicted octanol–water partition coefficient (Wildman–Crippen LogP) is -0.188. The molecule has 1 saturated heterocycles. The van der Waals surface area contributed by atoms with E-state index < -0.39 is 5.97 Å². The van der Waals surface area contributed by atoms with Crippen LogP contribution in [0, 0.1) is 5.92 Å². The van der Waals surface area contributed by atoms with Crippen LogP contribution in [0.25, 0.3) is 0 Å². The molecule has 0 radical (unpaired) electrons. The molecule has 1 aliphatic heterocycles. The Bertz CT molecular complexity index is 124. The molecule has 1 fully saturated rings. The maximum absolute atomic E-state index is 10.2. The van der Waals surface area contributed by atoms with E-state index >= 15 is 0 Å². The van der Waals surface area contributed by atoms with Crippen molar-refractivity contribution in [1.29, 1.82) is 0 Å². The van der Waals surface area contributed by atoms with Crippen molar-refractivity contribution in [3.8, 4) is 0 Å². The predicted molar refractivity (Wildman–Crippen MR) is 45.0 cm³/mol. The number of hydrogen-bond acceptors (Lipinski definition) is 2. The van der Waals surface area contributed by atoms with Crippen LogP contribution < -0.4 is 5.32 Å². The van der Waals surface area contributed by atoms with E-state index in [9.17, 15) is 4.79 Å². The van der Waals surface area contributed by atoms with Crippen molar-refractivity contribution in [2.75, 3.05) is 13.1 Å². The van der Waals surface area contributed by atoms with Gasteiger partial charge in [0.1, 0.15) is 0 Å². The molecule has 3 nitrogen and oxygen atoms in total. The summed E-state index contributed by atoms with van der Waals surface area (Å²) in [6.45, 7) is 1.93. The van der Waals surface area contributed by atoms with Gasteiger partial charge in [-0.3, -0.25) is 4.79 Å². The Hall–Kier alpha value is 1.07. The molecule has 1 heterocycles. The average Bonchev–Trinajstić information content (AvgIpc) is 1.88. The Morgan fingerprint density at radius 2 is 2.36 bits per heavy atom. The van der Waals surface area contributed by atoms with E-state index in [1.54, 1.807) is 0 Å². The summed E-state index contributed by atoms with van der Waals surface area (Å²) >= 11 is 0. The van der Waals surface area contributed by atoms with Crippen LogP contribution in [0.4, 0.5) is 0 Å². The molecule has 0 saturated carbocycles. The zero-order valence-corrected chi connectivity index (χ0v) is 5.97. The van der Waals surface area contributed by atoms with E-state index in [2.05, 4.69) is 5.32 Å². The molecule has 0 spiro atoms. The Morgan fingerprint density at radius 3 is 2.82 bits per heavy atom. The van der Waals surface area contributed by atoms with Crippen LogP contribution in [0.1, 0.15) is 19.3 Å². The van der Waals surface area contributed by atoms with Crippen molar-refractivity contribution in [2.24, 2.45) is 5.92 Å². The average molecular weight is 183 g/mol. The van der Waals surface area contributed by atoms with Gasteiger partial charge in [0.2, 0.25) is 0 Å². The SMILES string of the molecule is O=C(O)CC1CCCNC1.[KH]. The van der Waals surface area contributed by atoms with Gasteiger partial charge in [0.05, 0.1) is 0 Å². The van der Waals surface area contributed by atoms with Crippen LogP contribution in [0.3, 0.4) is 0 Å². The summed E-state index contributed by atoms with van der Waals surface area (Å²) in [7, 11) is 0. The van der Waals surface area contributed by atoms with Crippen molar-refractivity contribution in [2.45, 2.75) is 19.3 Å². The number of carboxylic acids is 1. The Morgan fingerprint density at radius 1 is 1.64 bits per heavy atom. The second kappa shape index (κ2) is 6.57. The third-order valence-electron chi connectivity index (χ3n) is 1.86. The Labute approximate surface area is 109 Å². The maximum atomic E-state index is 10.2. The minimum absolute atomic E-state index is 0. The van der Waals surface area contributed by atoms with E-state index in [0.717, 1.165) is 25.9 Å². The molecule has 60 valence electrons. The summed E-state index contributed by atoms with van der Waals surface area (Å²) in [6.07, 6.45) is 2.52. The van der Waals surface area contributed by atoms with Gasteiger partial charge in [-0.05, 0) is 31.8 Å². The van der Waals surface area contributed by atoms with Crippen molar-refractivity contribution >= 4 is 57.4 Å². The Balaban J connectivity index is 0.000001000. The van der Waals surface area contributed by atoms with Gasteiger partial charge < -0.3 is 10.4 Å². The van der Waals surface area contributed by atoms with Crippen LogP contribution in [-0.2, 0) is 4.79 Å². The molecule has 0 aromatic carbocycles. The molecule has 0 amide bonds. The number of nitrogens with one attached hydrogen (secondary N) is 1. The molecule has 0 aromatic rings. The van der Waals surface area contributed by atoms with E-state index in [0.29, 0.717) is 12.3 Å². The van der Waals surface area contributed by atoms with Gasteiger partial charge >= 0.3 is 57.4 Å². The first-order valence-corrected chi connectivity index (χ1v) is 3.71. The van der Waals surface area contributed by atoms with E-state index in [4.69, 9.17) is 5.11 Å². The van der Waals surface area contributed by atoms with Gasteiger partial charge in [-0.15, -0.1) is 0 Å². The fourth-order valence-electron chi connectivity index (χ4n) is 1.35. The standard InChI is InChI=1S/C7H13NO2.K.H/c9-7(10)4-6-2-1-3-8-5-6;;/h6,8H,1-5H2,(H,9,10);;. The van der Waals surface area contributed by atoms with Gasteiger partial charge in [0, 0.05) is 6.42 Å². The first-order chi connectivity index (χ1) is 4.79. The van der Waals surface area contributed by atoms with Crippen LogP contribution >= 0.6 is 0 Å². The first kappa shape index (κ1) is 12.1. The molecule has 0 aliphatic carbocycles. The fraction of sp³-hybridized carbons (Fsp3) is 0.857. The molecule has 1 atom stereocenters. The second-order valence-electron chi connectivity index (χ2n) is 2.81. The van der Waals surface area contributed by atoms with Crippen LogP contribution in [-0.4, -0.2) is 75.5 Å². The number of aliphatic carboxylic acids is 1. The van der Waals surface area contributed by atoms with E-state index in [1.165, 1.54) is 0 Å². The molecular weight excluding hydrogens is 169 g/mol. The number of carboxylic acid groups (broad SMARTS) is 1. The van der Waals surface area contributed by atoms with Gasteiger partial charge in [0.25, 0.3) is 0 Å². The Kier molecular flexibility index (Phi) is 7.20. The second-order valence-corrected chi connectivity index (χ2v) is 2.81. The minimum atomic E-state index is -0.672. The molecular formula is C7H14KNO2. The third-order valence-corrected chi connectivity index (χ3v) is 1.86. The first-order valence-electron chi connectivity index (χ1n) is 3.71. The van der Waals surface area contributed by atoms with Crippen molar-refractivity contribution in [3.05, 3.63) is 0 Å².